The van der Waals surface area contributed by atoms with Gasteiger partial charge >= 0.3 is 0 Å². The minimum atomic E-state index is 0.425. The summed E-state index contributed by atoms with van der Waals surface area (Å²) < 4.78 is 0. The van der Waals surface area contributed by atoms with Crippen LogP contribution in [0.5, 0.6) is 0 Å². The lowest BCUT2D eigenvalue weighted by Crippen LogP contribution is -2.44. The van der Waals surface area contributed by atoms with Crippen LogP contribution in [0.2, 0.25) is 0 Å². The van der Waals surface area contributed by atoms with E-state index in [0.717, 1.165) is 12.5 Å². The van der Waals surface area contributed by atoms with Crippen LogP contribution in [0.4, 0.5) is 0 Å². The Hall–Kier alpha value is -0.0800. The van der Waals surface area contributed by atoms with Crippen molar-refractivity contribution in [1.29, 1.82) is 0 Å². The van der Waals surface area contributed by atoms with Crippen LogP contribution in [0.25, 0.3) is 0 Å². The van der Waals surface area contributed by atoms with E-state index in [0.29, 0.717) is 11.5 Å². The van der Waals surface area contributed by atoms with Gasteiger partial charge in [-0.25, -0.2) is 0 Å². The maximum absolute atomic E-state index is 3.64. The largest absolute Gasteiger partial charge is 0.314 e. The molecule has 2 unspecified atom stereocenters. The van der Waals surface area contributed by atoms with Crippen LogP contribution in [0.1, 0.15) is 73.1 Å². The van der Waals surface area contributed by atoms with Crippen molar-refractivity contribution in [3.63, 3.8) is 0 Å². The van der Waals surface area contributed by atoms with Gasteiger partial charge in [0, 0.05) is 19.1 Å². The van der Waals surface area contributed by atoms with Gasteiger partial charge in [-0.1, -0.05) is 47.5 Å². The zero-order valence-electron chi connectivity index (χ0n) is 14.7. The second-order valence-electron chi connectivity index (χ2n) is 7.56. The van der Waals surface area contributed by atoms with Crippen molar-refractivity contribution in [3.05, 3.63) is 0 Å². The standard InChI is InChI=1S/C18H38N2/c1-6-9-17-10-8-12-20(13-11-17)15-18(5,7-2)14-19-16(3)4/h16-17,19H,6-15H2,1-5H3. The monoisotopic (exact) mass is 282 g/mol. The lowest BCUT2D eigenvalue weighted by atomic mass is 9.86. The molecule has 0 bridgehead atoms. The van der Waals surface area contributed by atoms with E-state index >= 15 is 0 Å². The second kappa shape index (κ2) is 9.04. The van der Waals surface area contributed by atoms with Crippen molar-refractivity contribution < 1.29 is 0 Å². The highest BCUT2D eigenvalue weighted by Gasteiger charge is 2.26. The smallest absolute Gasteiger partial charge is 0.00474 e. The van der Waals surface area contributed by atoms with E-state index in [2.05, 4.69) is 44.8 Å². The van der Waals surface area contributed by atoms with Crippen molar-refractivity contribution in [3.8, 4) is 0 Å². The van der Waals surface area contributed by atoms with E-state index < -0.39 is 0 Å². The first-order valence-electron chi connectivity index (χ1n) is 8.95. The quantitative estimate of drug-likeness (QED) is 0.714. The van der Waals surface area contributed by atoms with Crippen LogP contribution in [-0.2, 0) is 0 Å². The summed E-state index contributed by atoms with van der Waals surface area (Å²) in [6.07, 6.45) is 8.34. The first kappa shape index (κ1) is 18.0. The predicted molar refractivity (Wildman–Crippen MR) is 90.2 cm³/mol. The zero-order chi connectivity index (χ0) is 15.0. The van der Waals surface area contributed by atoms with Gasteiger partial charge < -0.3 is 10.2 Å². The summed E-state index contributed by atoms with van der Waals surface area (Å²) in [5.41, 5.74) is 0.425. The summed E-state index contributed by atoms with van der Waals surface area (Å²) in [6, 6.07) is 0.596. The Morgan fingerprint density at radius 1 is 1.20 bits per heavy atom. The highest BCUT2D eigenvalue weighted by atomic mass is 15.1. The molecule has 1 N–H and O–H groups in total. The highest BCUT2D eigenvalue weighted by Crippen LogP contribution is 2.26. The van der Waals surface area contributed by atoms with Gasteiger partial charge in [-0.3, -0.25) is 0 Å². The molecule has 0 aromatic rings. The summed E-state index contributed by atoms with van der Waals surface area (Å²) in [5.74, 6) is 0.992. The van der Waals surface area contributed by atoms with Gasteiger partial charge in [0.05, 0.1) is 0 Å². The third-order valence-electron chi connectivity index (χ3n) is 5.03. The molecule has 0 spiro atoms. The van der Waals surface area contributed by atoms with Gasteiger partial charge in [0.15, 0.2) is 0 Å². The van der Waals surface area contributed by atoms with Gasteiger partial charge in [-0.15, -0.1) is 0 Å². The highest BCUT2D eigenvalue weighted by molar-refractivity contribution is 4.82. The molecule has 1 aliphatic rings. The van der Waals surface area contributed by atoms with Crippen LogP contribution in [0.15, 0.2) is 0 Å². The van der Waals surface area contributed by atoms with Crippen LogP contribution in [0.3, 0.4) is 0 Å². The van der Waals surface area contributed by atoms with Gasteiger partial charge in [0.25, 0.3) is 0 Å². The zero-order valence-corrected chi connectivity index (χ0v) is 14.7. The lowest BCUT2D eigenvalue weighted by molar-refractivity contribution is 0.155. The molecular formula is C18H38N2. The molecule has 1 fully saturated rings. The van der Waals surface area contributed by atoms with E-state index in [9.17, 15) is 0 Å². The molecule has 1 heterocycles. The molecule has 0 saturated carbocycles. The van der Waals surface area contributed by atoms with Gasteiger partial charge in [0.2, 0.25) is 0 Å². The molecule has 2 atom stereocenters. The number of nitrogens with zero attached hydrogens (tertiary/aromatic N) is 1. The van der Waals surface area contributed by atoms with Crippen molar-refractivity contribution >= 4 is 0 Å². The van der Waals surface area contributed by atoms with Crippen molar-refractivity contribution in [1.82, 2.24) is 10.2 Å². The lowest BCUT2D eigenvalue weighted by Gasteiger charge is -2.35. The average Bonchev–Trinajstić information content (AvgIpc) is 2.63. The Bertz CT molecular complexity index is 252. The van der Waals surface area contributed by atoms with Crippen LogP contribution >= 0.6 is 0 Å². The molecule has 1 aliphatic heterocycles. The molecule has 0 amide bonds. The molecule has 0 aromatic carbocycles. The SMILES string of the molecule is CCCC1CCCN(CC(C)(CC)CNC(C)C)CC1. The molecule has 1 saturated heterocycles. The van der Waals surface area contributed by atoms with Crippen LogP contribution in [0, 0.1) is 11.3 Å². The van der Waals surface area contributed by atoms with Crippen molar-refractivity contribution in [2.75, 3.05) is 26.2 Å². The first-order chi connectivity index (χ1) is 9.49. The van der Waals surface area contributed by atoms with Crippen molar-refractivity contribution in [2.45, 2.75) is 79.2 Å². The van der Waals surface area contributed by atoms with E-state index in [1.54, 1.807) is 0 Å². The molecular weight excluding hydrogens is 244 g/mol. The van der Waals surface area contributed by atoms with E-state index in [-0.39, 0.29) is 0 Å². The number of hydrogen-bond donors (Lipinski definition) is 1. The summed E-state index contributed by atoms with van der Waals surface area (Å²) in [7, 11) is 0. The molecule has 2 heteroatoms. The first-order valence-corrected chi connectivity index (χ1v) is 8.95. The van der Waals surface area contributed by atoms with E-state index in [1.807, 2.05) is 0 Å². The summed E-state index contributed by atoms with van der Waals surface area (Å²) >= 11 is 0. The van der Waals surface area contributed by atoms with Crippen molar-refractivity contribution in [2.24, 2.45) is 11.3 Å². The molecule has 1 rings (SSSR count). The molecule has 0 aliphatic carbocycles. The minimum absolute atomic E-state index is 0.425. The second-order valence-corrected chi connectivity index (χ2v) is 7.56. The predicted octanol–water partition coefficient (Wildman–Crippen LogP) is 4.30. The Labute approximate surface area is 127 Å². The third-order valence-corrected chi connectivity index (χ3v) is 5.03. The van der Waals surface area contributed by atoms with E-state index in [4.69, 9.17) is 0 Å². The van der Waals surface area contributed by atoms with Gasteiger partial charge in [0.1, 0.15) is 0 Å². The Balaban J connectivity index is 2.44. The summed E-state index contributed by atoms with van der Waals surface area (Å²) in [5, 5.41) is 3.64. The van der Waals surface area contributed by atoms with E-state index in [1.165, 1.54) is 58.2 Å². The maximum atomic E-state index is 3.64. The molecule has 0 aromatic heterocycles. The number of rotatable bonds is 8. The summed E-state index contributed by atoms with van der Waals surface area (Å²) in [6.45, 7) is 16.7. The summed E-state index contributed by atoms with van der Waals surface area (Å²) in [4.78, 5) is 2.74. The Morgan fingerprint density at radius 2 is 1.95 bits per heavy atom. The third kappa shape index (κ3) is 6.58. The van der Waals surface area contributed by atoms with Crippen LogP contribution < -0.4 is 5.32 Å². The Kier molecular flexibility index (Phi) is 8.13. The minimum Gasteiger partial charge on any atom is -0.314 e. The van der Waals surface area contributed by atoms with Crippen LogP contribution in [-0.4, -0.2) is 37.1 Å². The normalized spacial score (nSPS) is 24.6. The number of hydrogen-bond acceptors (Lipinski definition) is 2. The molecule has 120 valence electrons. The average molecular weight is 283 g/mol. The number of nitrogens with one attached hydrogen (secondary N) is 1. The fourth-order valence-corrected chi connectivity index (χ4v) is 3.36. The Morgan fingerprint density at radius 3 is 2.55 bits per heavy atom. The molecule has 20 heavy (non-hydrogen) atoms. The molecule has 2 nitrogen and oxygen atoms in total. The fraction of sp³-hybridized carbons (Fsp3) is 1.00. The topological polar surface area (TPSA) is 15.3 Å². The molecule has 0 radical (unpaired) electrons. The van der Waals surface area contributed by atoms with Gasteiger partial charge in [-0.05, 0) is 50.1 Å². The fourth-order valence-electron chi connectivity index (χ4n) is 3.36. The maximum Gasteiger partial charge on any atom is 0.00474 e. The van der Waals surface area contributed by atoms with Gasteiger partial charge in [-0.2, -0.15) is 0 Å². The number of likely N-dealkylation sites (tertiary alicyclic amines) is 1.